The highest BCUT2D eigenvalue weighted by Gasteiger charge is 2.19. The smallest absolute Gasteiger partial charge is 0.142 e. The van der Waals surface area contributed by atoms with E-state index < -0.39 is 0 Å². The van der Waals surface area contributed by atoms with E-state index in [1.807, 2.05) is 31.2 Å². The van der Waals surface area contributed by atoms with Crippen molar-refractivity contribution in [1.82, 2.24) is 4.98 Å². The number of anilines is 1. The Bertz CT molecular complexity index is 715. The summed E-state index contributed by atoms with van der Waals surface area (Å²) >= 11 is 6.30. The van der Waals surface area contributed by atoms with Gasteiger partial charge in [-0.3, -0.25) is 0 Å². The van der Waals surface area contributed by atoms with Crippen molar-refractivity contribution in [2.24, 2.45) is 5.92 Å². The Morgan fingerprint density at radius 3 is 2.57 bits per heavy atom. The lowest BCUT2D eigenvalue weighted by Crippen LogP contribution is -2.08. The molecular weight excluding hydrogens is 282 g/mol. The zero-order valence-electron chi connectivity index (χ0n) is 12.4. The monoisotopic (exact) mass is 299 g/mol. The molecule has 1 aromatic carbocycles. The summed E-state index contributed by atoms with van der Waals surface area (Å²) in [6.45, 7) is 6.24. The van der Waals surface area contributed by atoms with Gasteiger partial charge in [0.05, 0.1) is 0 Å². The molecule has 3 nitrogen and oxygen atoms in total. The average Bonchev–Trinajstić information content (AvgIpc) is 2.42. The fourth-order valence-electron chi connectivity index (χ4n) is 2.44. The molecule has 0 aliphatic heterocycles. The van der Waals surface area contributed by atoms with Crippen LogP contribution >= 0.6 is 11.6 Å². The SMILES string of the molecule is Cc1c(CC(C)C)nc(N)c(C#N)c1-c1ccccc1Cl. The number of benzene rings is 1. The second kappa shape index (κ2) is 6.15. The molecule has 21 heavy (non-hydrogen) atoms. The molecule has 0 spiro atoms. The Morgan fingerprint density at radius 1 is 1.33 bits per heavy atom. The van der Waals surface area contributed by atoms with Crippen molar-refractivity contribution in [3.05, 3.63) is 46.1 Å². The minimum absolute atomic E-state index is 0.272. The van der Waals surface area contributed by atoms with E-state index in [0.717, 1.165) is 28.8 Å². The number of halogens is 1. The third kappa shape index (κ3) is 3.01. The Labute approximate surface area is 130 Å². The maximum absolute atomic E-state index is 9.44. The van der Waals surface area contributed by atoms with E-state index in [9.17, 15) is 5.26 Å². The maximum atomic E-state index is 9.44. The van der Waals surface area contributed by atoms with Gasteiger partial charge >= 0.3 is 0 Å². The third-order valence-electron chi connectivity index (χ3n) is 3.43. The topological polar surface area (TPSA) is 62.7 Å². The minimum atomic E-state index is 0.272. The first-order valence-electron chi connectivity index (χ1n) is 6.89. The number of pyridine rings is 1. The molecule has 0 aliphatic rings. The number of nitrogens with two attached hydrogens (primary N) is 1. The van der Waals surface area contributed by atoms with Crippen LogP contribution < -0.4 is 5.73 Å². The summed E-state index contributed by atoms with van der Waals surface area (Å²) in [7, 11) is 0. The molecule has 0 atom stereocenters. The lowest BCUT2D eigenvalue weighted by Gasteiger charge is -2.16. The van der Waals surface area contributed by atoms with Crippen LogP contribution in [0, 0.1) is 24.2 Å². The van der Waals surface area contributed by atoms with Crippen molar-refractivity contribution in [3.8, 4) is 17.2 Å². The van der Waals surface area contributed by atoms with Gasteiger partial charge in [0.25, 0.3) is 0 Å². The van der Waals surface area contributed by atoms with Gasteiger partial charge in [-0.2, -0.15) is 5.26 Å². The van der Waals surface area contributed by atoms with Crippen molar-refractivity contribution < 1.29 is 0 Å². The fourth-order valence-corrected chi connectivity index (χ4v) is 2.67. The summed E-state index contributed by atoms with van der Waals surface area (Å²) in [5, 5.41) is 10.0. The molecule has 0 radical (unpaired) electrons. The van der Waals surface area contributed by atoms with Crippen molar-refractivity contribution >= 4 is 17.4 Å². The number of nitriles is 1. The molecule has 108 valence electrons. The molecule has 2 N–H and O–H groups in total. The summed E-state index contributed by atoms with van der Waals surface area (Å²) in [5.74, 6) is 0.733. The zero-order valence-corrected chi connectivity index (χ0v) is 13.2. The Balaban J connectivity index is 2.77. The highest BCUT2D eigenvalue weighted by Crippen LogP contribution is 2.36. The van der Waals surface area contributed by atoms with Crippen LogP contribution in [0.1, 0.15) is 30.7 Å². The molecule has 2 rings (SSSR count). The number of rotatable bonds is 3. The van der Waals surface area contributed by atoms with Gasteiger partial charge in [-0.1, -0.05) is 43.6 Å². The van der Waals surface area contributed by atoms with Gasteiger partial charge < -0.3 is 5.73 Å². The highest BCUT2D eigenvalue weighted by atomic mass is 35.5. The first-order valence-corrected chi connectivity index (χ1v) is 7.27. The summed E-state index contributed by atoms with van der Waals surface area (Å²) in [6, 6.07) is 9.66. The van der Waals surface area contributed by atoms with E-state index in [4.69, 9.17) is 17.3 Å². The number of nitrogens with zero attached hydrogens (tertiary/aromatic N) is 2. The lowest BCUT2D eigenvalue weighted by atomic mass is 9.92. The van der Waals surface area contributed by atoms with E-state index in [-0.39, 0.29) is 5.82 Å². The van der Waals surface area contributed by atoms with Crippen LogP contribution in [0.25, 0.3) is 11.1 Å². The van der Waals surface area contributed by atoms with Gasteiger partial charge in [0.2, 0.25) is 0 Å². The first-order chi connectivity index (χ1) is 9.95. The van der Waals surface area contributed by atoms with Crippen LogP contribution in [0.15, 0.2) is 24.3 Å². The van der Waals surface area contributed by atoms with Crippen molar-refractivity contribution in [2.75, 3.05) is 5.73 Å². The molecule has 0 amide bonds. The lowest BCUT2D eigenvalue weighted by molar-refractivity contribution is 0.633. The molecule has 0 saturated heterocycles. The largest absolute Gasteiger partial charge is 0.383 e. The Kier molecular flexibility index (Phi) is 4.50. The van der Waals surface area contributed by atoms with Crippen LogP contribution in [0.3, 0.4) is 0 Å². The van der Waals surface area contributed by atoms with Gasteiger partial charge in [0, 0.05) is 21.8 Å². The number of nitrogen functional groups attached to an aromatic ring is 1. The zero-order chi connectivity index (χ0) is 15.6. The highest BCUT2D eigenvalue weighted by molar-refractivity contribution is 6.33. The van der Waals surface area contributed by atoms with Gasteiger partial charge in [-0.05, 0) is 30.9 Å². The van der Waals surface area contributed by atoms with Gasteiger partial charge in [-0.25, -0.2) is 4.98 Å². The van der Waals surface area contributed by atoms with Gasteiger partial charge in [0.15, 0.2) is 0 Å². The predicted molar refractivity (Wildman–Crippen MR) is 87.1 cm³/mol. The minimum Gasteiger partial charge on any atom is -0.383 e. The van der Waals surface area contributed by atoms with E-state index in [0.29, 0.717) is 16.5 Å². The van der Waals surface area contributed by atoms with E-state index in [2.05, 4.69) is 24.9 Å². The maximum Gasteiger partial charge on any atom is 0.142 e. The molecular formula is C17H18ClN3. The molecule has 1 aromatic heterocycles. The molecule has 0 saturated carbocycles. The summed E-state index contributed by atoms with van der Waals surface area (Å²) in [5.41, 5.74) is 9.91. The van der Waals surface area contributed by atoms with Gasteiger partial charge in [-0.15, -0.1) is 0 Å². The van der Waals surface area contributed by atoms with E-state index in [1.165, 1.54) is 0 Å². The van der Waals surface area contributed by atoms with Crippen molar-refractivity contribution in [2.45, 2.75) is 27.2 Å². The number of hydrogen-bond acceptors (Lipinski definition) is 3. The van der Waals surface area contributed by atoms with Crippen LogP contribution in [0.4, 0.5) is 5.82 Å². The van der Waals surface area contributed by atoms with Gasteiger partial charge in [0.1, 0.15) is 17.5 Å². The number of aromatic nitrogens is 1. The fraction of sp³-hybridized carbons (Fsp3) is 0.294. The van der Waals surface area contributed by atoms with Crippen molar-refractivity contribution in [3.63, 3.8) is 0 Å². The van der Waals surface area contributed by atoms with Crippen LogP contribution in [-0.4, -0.2) is 4.98 Å². The van der Waals surface area contributed by atoms with Crippen LogP contribution in [0.2, 0.25) is 5.02 Å². The summed E-state index contributed by atoms with van der Waals surface area (Å²) in [4.78, 5) is 4.41. The molecule has 0 aliphatic carbocycles. The molecule has 0 unspecified atom stereocenters. The first kappa shape index (κ1) is 15.3. The molecule has 2 aromatic rings. The van der Waals surface area contributed by atoms with Crippen LogP contribution in [-0.2, 0) is 6.42 Å². The molecule has 0 bridgehead atoms. The van der Waals surface area contributed by atoms with Crippen LogP contribution in [0.5, 0.6) is 0 Å². The second-order valence-corrected chi connectivity index (χ2v) is 5.92. The standard InChI is InChI=1S/C17H18ClN3/c1-10(2)8-15-11(3)16(13(9-19)17(20)21-15)12-6-4-5-7-14(12)18/h4-7,10H,8H2,1-3H3,(H2,20,21). The second-order valence-electron chi connectivity index (χ2n) is 5.51. The predicted octanol–water partition coefficient (Wildman–Crippen LogP) is 4.36. The number of hydrogen-bond donors (Lipinski definition) is 1. The van der Waals surface area contributed by atoms with E-state index >= 15 is 0 Å². The third-order valence-corrected chi connectivity index (χ3v) is 3.76. The molecule has 0 fully saturated rings. The summed E-state index contributed by atoms with van der Waals surface area (Å²) in [6.07, 6.45) is 0.819. The summed E-state index contributed by atoms with van der Waals surface area (Å²) < 4.78 is 0. The average molecular weight is 300 g/mol. The molecule has 4 heteroatoms. The quantitative estimate of drug-likeness (QED) is 0.915. The Morgan fingerprint density at radius 2 is 2.00 bits per heavy atom. The molecule has 1 heterocycles. The van der Waals surface area contributed by atoms with Crippen molar-refractivity contribution in [1.29, 1.82) is 5.26 Å². The van der Waals surface area contributed by atoms with E-state index in [1.54, 1.807) is 0 Å². The Hall–Kier alpha value is -2.05. The normalized spacial score (nSPS) is 10.7.